The fourth-order valence-corrected chi connectivity index (χ4v) is 2.26. The van der Waals surface area contributed by atoms with Crippen LogP contribution in [0.2, 0.25) is 0 Å². The van der Waals surface area contributed by atoms with Crippen LogP contribution in [0.25, 0.3) is 0 Å². The average Bonchev–Trinajstić information content (AvgIpc) is 2.53. The number of rotatable bonds is 8. The third-order valence-corrected chi connectivity index (χ3v) is 3.48. The van der Waals surface area contributed by atoms with E-state index in [0.29, 0.717) is 0 Å². The molecule has 1 fully saturated rings. The van der Waals surface area contributed by atoms with E-state index in [0.717, 1.165) is 76.2 Å². The molecule has 118 valence electrons. The summed E-state index contributed by atoms with van der Waals surface area (Å²) in [7, 11) is 0. The second-order valence-electron chi connectivity index (χ2n) is 5.22. The predicted molar refractivity (Wildman–Crippen MR) is 85.9 cm³/mol. The van der Waals surface area contributed by atoms with E-state index in [1.54, 1.807) is 0 Å². The van der Waals surface area contributed by atoms with E-state index in [9.17, 15) is 0 Å². The number of hydrogen-bond acceptors (Lipinski definition) is 6. The van der Waals surface area contributed by atoms with Crippen molar-refractivity contribution in [2.24, 2.45) is 0 Å². The van der Waals surface area contributed by atoms with Crippen LogP contribution in [0.15, 0.2) is 6.07 Å². The number of morpholine rings is 1. The molecule has 0 atom stereocenters. The molecule has 0 aromatic carbocycles. The second kappa shape index (κ2) is 8.79. The molecular formula is C15H27N5O. The SMILES string of the molecule is CCCNc1cc(NCCN2CCOCC2)nc(CC)n1. The molecular weight excluding hydrogens is 266 g/mol. The highest BCUT2D eigenvalue weighted by molar-refractivity contribution is 5.47. The predicted octanol–water partition coefficient (Wildman–Crippen LogP) is 1.60. The van der Waals surface area contributed by atoms with Crippen LogP contribution in [0.3, 0.4) is 0 Å². The lowest BCUT2D eigenvalue weighted by atomic mass is 10.4. The standard InChI is InChI=1S/C15H27N5O/c1-3-5-16-14-12-15(19-13(4-2)18-14)17-6-7-20-8-10-21-11-9-20/h12H,3-11H2,1-2H3,(H2,16,17,18,19). The molecule has 1 aliphatic heterocycles. The van der Waals surface area contributed by atoms with Crippen molar-refractivity contribution in [3.8, 4) is 0 Å². The molecule has 0 spiro atoms. The molecule has 0 bridgehead atoms. The van der Waals surface area contributed by atoms with Crippen LogP contribution in [0.5, 0.6) is 0 Å². The Morgan fingerprint density at radius 3 is 2.38 bits per heavy atom. The Balaban J connectivity index is 1.85. The highest BCUT2D eigenvalue weighted by Gasteiger charge is 2.09. The first-order valence-corrected chi connectivity index (χ1v) is 7.97. The van der Waals surface area contributed by atoms with Gasteiger partial charge in [0, 0.05) is 45.2 Å². The molecule has 1 aliphatic rings. The Hall–Kier alpha value is -1.40. The molecule has 0 aliphatic carbocycles. The smallest absolute Gasteiger partial charge is 0.132 e. The van der Waals surface area contributed by atoms with E-state index >= 15 is 0 Å². The van der Waals surface area contributed by atoms with Crippen LogP contribution >= 0.6 is 0 Å². The monoisotopic (exact) mass is 293 g/mol. The largest absolute Gasteiger partial charge is 0.379 e. The summed E-state index contributed by atoms with van der Waals surface area (Å²) in [4.78, 5) is 11.4. The molecule has 2 N–H and O–H groups in total. The fraction of sp³-hybridized carbons (Fsp3) is 0.733. The third-order valence-electron chi connectivity index (χ3n) is 3.48. The molecule has 6 heteroatoms. The van der Waals surface area contributed by atoms with Crippen molar-refractivity contribution in [1.29, 1.82) is 0 Å². The molecule has 6 nitrogen and oxygen atoms in total. The Labute approximate surface area is 127 Å². The van der Waals surface area contributed by atoms with Crippen LogP contribution in [0.1, 0.15) is 26.1 Å². The molecule has 0 unspecified atom stereocenters. The van der Waals surface area contributed by atoms with Crippen LogP contribution < -0.4 is 10.6 Å². The Morgan fingerprint density at radius 1 is 1.10 bits per heavy atom. The van der Waals surface area contributed by atoms with Gasteiger partial charge in [0.1, 0.15) is 17.5 Å². The Kier molecular flexibility index (Phi) is 6.69. The first-order chi connectivity index (χ1) is 10.3. The van der Waals surface area contributed by atoms with Crippen molar-refractivity contribution < 1.29 is 4.74 Å². The van der Waals surface area contributed by atoms with Crippen LogP contribution in [-0.2, 0) is 11.2 Å². The lowest BCUT2D eigenvalue weighted by Crippen LogP contribution is -2.39. The van der Waals surface area contributed by atoms with E-state index in [-0.39, 0.29) is 0 Å². The van der Waals surface area contributed by atoms with Gasteiger partial charge in [-0.2, -0.15) is 0 Å². The molecule has 0 amide bonds. The van der Waals surface area contributed by atoms with E-state index < -0.39 is 0 Å². The van der Waals surface area contributed by atoms with Crippen molar-refractivity contribution in [3.63, 3.8) is 0 Å². The maximum atomic E-state index is 5.36. The van der Waals surface area contributed by atoms with Gasteiger partial charge >= 0.3 is 0 Å². The molecule has 21 heavy (non-hydrogen) atoms. The number of nitrogens with one attached hydrogen (secondary N) is 2. The minimum atomic E-state index is 0.846. The zero-order valence-electron chi connectivity index (χ0n) is 13.2. The third kappa shape index (κ3) is 5.47. The molecule has 2 rings (SSSR count). The maximum absolute atomic E-state index is 5.36. The summed E-state index contributed by atoms with van der Waals surface area (Å²) in [6, 6.07) is 1.99. The summed E-state index contributed by atoms with van der Waals surface area (Å²) in [6.07, 6.45) is 1.94. The first kappa shape index (κ1) is 16.0. The summed E-state index contributed by atoms with van der Waals surface area (Å²) in [5.74, 6) is 2.70. The van der Waals surface area contributed by atoms with Gasteiger partial charge in [0.05, 0.1) is 13.2 Å². The molecule has 1 aromatic rings. The Morgan fingerprint density at radius 2 is 1.76 bits per heavy atom. The zero-order chi connectivity index (χ0) is 14.9. The van der Waals surface area contributed by atoms with E-state index in [2.05, 4.69) is 39.3 Å². The van der Waals surface area contributed by atoms with Crippen LogP contribution in [-0.4, -0.2) is 60.8 Å². The van der Waals surface area contributed by atoms with Gasteiger partial charge in [0.25, 0.3) is 0 Å². The van der Waals surface area contributed by atoms with Crippen molar-refractivity contribution in [2.45, 2.75) is 26.7 Å². The highest BCUT2D eigenvalue weighted by Crippen LogP contribution is 2.12. The molecule has 1 saturated heterocycles. The molecule has 0 saturated carbocycles. The van der Waals surface area contributed by atoms with Crippen LogP contribution in [0.4, 0.5) is 11.6 Å². The Bertz CT molecular complexity index is 421. The number of aryl methyl sites for hydroxylation is 1. The summed E-state index contributed by atoms with van der Waals surface area (Å²) in [6.45, 7) is 10.8. The van der Waals surface area contributed by atoms with Crippen molar-refractivity contribution >= 4 is 11.6 Å². The normalized spacial score (nSPS) is 15.9. The van der Waals surface area contributed by atoms with Gasteiger partial charge in [0.15, 0.2) is 0 Å². The van der Waals surface area contributed by atoms with Gasteiger partial charge in [-0.25, -0.2) is 9.97 Å². The van der Waals surface area contributed by atoms with Gasteiger partial charge in [0.2, 0.25) is 0 Å². The summed E-state index contributed by atoms with van der Waals surface area (Å²) < 4.78 is 5.36. The molecule has 2 heterocycles. The zero-order valence-corrected chi connectivity index (χ0v) is 13.2. The van der Waals surface area contributed by atoms with Crippen LogP contribution in [0, 0.1) is 0 Å². The minimum Gasteiger partial charge on any atom is -0.379 e. The van der Waals surface area contributed by atoms with Crippen molar-refractivity contribution in [2.75, 3.05) is 56.6 Å². The number of nitrogens with zero attached hydrogens (tertiary/aromatic N) is 3. The van der Waals surface area contributed by atoms with Crippen molar-refractivity contribution in [1.82, 2.24) is 14.9 Å². The second-order valence-corrected chi connectivity index (χ2v) is 5.22. The highest BCUT2D eigenvalue weighted by atomic mass is 16.5. The average molecular weight is 293 g/mol. The number of ether oxygens (including phenoxy) is 1. The number of aromatic nitrogens is 2. The number of hydrogen-bond donors (Lipinski definition) is 2. The maximum Gasteiger partial charge on any atom is 0.132 e. The quantitative estimate of drug-likeness (QED) is 0.759. The minimum absolute atomic E-state index is 0.846. The van der Waals surface area contributed by atoms with Gasteiger partial charge in [-0.3, -0.25) is 4.90 Å². The lowest BCUT2D eigenvalue weighted by molar-refractivity contribution is 0.0398. The molecule has 0 radical (unpaired) electrons. The first-order valence-electron chi connectivity index (χ1n) is 7.97. The van der Waals surface area contributed by atoms with Gasteiger partial charge in [-0.1, -0.05) is 13.8 Å². The summed E-state index contributed by atoms with van der Waals surface area (Å²) >= 11 is 0. The summed E-state index contributed by atoms with van der Waals surface area (Å²) in [5.41, 5.74) is 0. The lowest BCUT2D eigenvalue weighted by Gasteiger charge is -2.26. The van der Waals surface area contributed by atoms with Gasteiger partial charge in [-0.15, -0.1) is 0 Å². The molecule has 1 aromatic heterocycles. The fourth-order valence-electron chi connectivity index (χ4n) is 2.26. The van der Waals surface area contributed by atoms with E-state index in [1.807, 2.05) is 6.07 Å². The topological polar surface area (TPSA) is 62.3 Å². The van der Waals surface area contributed by atoms with Gasteiger partial charge in [-0.05, 0) is 6.42 Å². The summed E-state index contributed by atoms with van der Waals surface area (Å²) in [5, 5.41) is 6.74. The van der Waals surface area contributed by atoms with E-state index in [4.69, 9.17) is 4.74 Å². The van der Waals surface area contributed by atoms with E-state index in [1.165, 1.54) is 0 Å². The van der Waals surface area contributed by atoms with Gasteiger partial charge < -0.3 is 15.4 Å². The number of anilines is 2. The van der Waals surface area contributed by atoms with Crippen molar-refractivity contribution in [3.05, 3.63) is 11.9 Å².